The number of hydrogen-bond acceptors (Lipinski definition) is 2. The SMILES string of the molecule is C#Cc1c(C)cc(C2=CCC(C)c3ccccc32)cc1C=O.C=O. The van der Waals surface area contributed by atoms with E-state index in [2.05, 4.69) is 49.3 Å². The lowest BCUT2D eigenvalue weighted by Gasteiger charge is -2.23. The van der Waals surface area contributed by atoms with Crippen LogP contribution in [0.15, 0.2) is 42.5 Å². The first kappa shape index (κ1) is 17.4. The second kappa shape index (κ2) is 7.57. The van der Waals surface area contributed by atoms with E-state index < -0.39 is 0 Å². The Bertz CT molecular complexity index is 838. The van der Waals surface area contributed by atoms with Gasteiger partial charge in [-0.3, -0.25) is 4.79 Å². The highest BCUT2D eigenvalue weighted by molar-refractivity contribution is 5.88. The van der Waals surface area contributed by atoms with E-state index in [-0.39, 0.29) is 0 Å². The van der Waals surface area contributed by atoms with Crippen LogP contribution in [0.2, 0.25) is 0 Å². The first-order valence-corrected chi connectivity index (χ1v) is 7.80. The molecule has 24 heavy (non-hydrogen) atoms. The topological polar surface area (TPSA) is 34.1 Å². The van der Waals surface area contributed by atoms with Gasteiger partial charge in [0.05, 0.1) is 0 Å². The number of carbonyl (C=O) groups is 2. The normalized spacial score (nSPS) is 15.2. The number of rotatable bonds is 2. The largest absolute Gasteiger partial charge is 0.307 e. The summed E-state index contributed by atoms with van der Waals surface area (Å²) < 4.78 is 0. The summed E-state index contributed by atoms with van der Waals surface area (Å²) in [5.41, 5.74) is 7.14. The number of carbonyl (C=O) groups excluding carboxylic acids is 2. The van der Waals surface area contributed by atoms with E-state index in [1.165, 1.54) is 16.7 Å². The van der Waals surface area contributed by atoms with Crippen molar-refractivity contribution in [3.8, 4) is 12.3 Å². The van der Waals surface area contributed by atoms with Gasteiger partial charge in [0.25, 0.3) is 0 Å². The summed E-state index contributed by atoms with van der Waals surface area (Å²) in [6, 6.07) is 12.5. The van der Waals surface area contributed by atoms with Gasteiger partial charge in [0.15, 0.2) is 6.29 Å². The second-order valence-electron chi connectivity index (χ2n) is 5.86. The molecule has 0 aromatic heterocycles. The third kappa shape index (κ3) is 3.07. The summed E-state index contributed by atoms with van der Waals surface area (Å²) >= 11 is 0. The van der Waals surface area contributed by atoms with Gasteiger partial charge in [-0.25, -0.2) is 0 Å². The van der Waals surface area contributed by atoms with E-state index in [4.69, 9.17) is 11.2 Å². The molecule has 0 bridgehead atoms. The molecule has 2 nitrogen and oxygen atoms in total. The smallest absolute Gasteiger partial charge is 0.151 e. The summed E-state index contributed by atoms with van der Waals surface area (Å²) in [6.07, 6.45) is 9.66. The van der Waals surface area contributed by atoms with Crippen LogP contribution < -0.4 is 0 Å². The Morgan fingerprint density at radius 2 is 1.96 bits per heavy atom. The van der Waals surface area contributed by atoms with E-state index >= 15 is 0 Å². The lowest BCUT2D eigenvalue weighted by molar-refractivity contribution is -0.0979. The molecule has 0 amide bonds. The molecule has 1 atom stereocenters. The molecule has 0 heterocycles. The lowest BCUT2D eigenvalue weighted by atomic mass is 9.81. The molecule has 2 aromatic carbocycles. The minimum Gasteiger partial charge on any atom is -0.307 e. The predicted octanol–water partition coefficient (Wildman–Crippen LogP) is 4.54. The van der Waals surface area contributed by atoms with Gasteiger partial charge >= 0.3 is 0 Å². The maximum absolute atomic E-state index is 11.4. The highest BCUT2D eigenvalue weighted by atomic mass is 16.1. The lowest BCUT2D eigenvalue weighted by Crippen LogP contribution is -2.06. The number of terminal acetylenes is 1. The number of hydrogen-bond donors (Lipinski definition) is 0. The van der Waals surface area contributed by atoms with Crippen molar-refractivity contribution < 1.29 is 9.59 Å². The van der Waals surface area contributed by atoms with E-state index in [9.17, 15) is 4.79 Å². The number of aldehydes is 1. The molecule has 120 valence electrons. The van der Waals surface area contributed by atoms with Crippen LogP contribution in [0, 0.1) is 19.3 Å². The first-order chi connectivity index (χ1) is 11.7. The quantitative estimate of drug-likeness (QED) is 0.602. The van der Waals surface area contributed by atoms with Crippen molar-refractivity contribution in [1.29, 1.82) is 0 Å². The van der Waals surface area contributed by atoms with E-state index in [0.717, 1.165) is 23.8 Å². The molecule has 2 aromatic rings. The van der Waals surface area contributed by atoms with Crippen molar-refractivity contribution in [2.45, 2.75) is 26.2 Å². The van der Waals surface area contributed by atoms with Crippen LogP contribution in [0.25, 0.3) is 5.57 Å². The third-order valence-electron chi connectivity index (χ3n) is 4.41. The van der Waals surface area contributed by atoms with Crippen molar-refractivity contribution in [2.24, 2.45) is 0 Å². The van der Waals surface area contributed by atoms with E-state index in [1.54, 1.807) is 0 Å². The molecule has 0 spiro atoms. The van der Waals surface area contributed by atoms with E-state index in [0.29, 0.717) is 17.0 Å². The van der Waals surface area contributed by atoms with Crippen LogP contribution in [-0.2, 0) is 4.79 Å². The van der Waals surface area contributed by atoms with Gasteiger partial charge in [-0.15, -0.1) is 6.42 Å². The average molecular weight is 316 g/mol. The fraction of sp³-hybridized carbons (Fsp3) is 0.182. The molecule has 0 saturated carbocycles. The van der Waals surface area contributed by atoms with Gasteiger partial charge in [-0.2, -0.15) is 0 Å². The van der Waals surface area contributed by atoms with Crippen LogP contribution >= 0.6 is 0 Å². The van der Waals surface area contributed by atoms with Crippen LogP contribution in [0.4, 0.5) is 0 Å². The van der Waals surface area contributed by atoms with E-state index in [1.807, 2.05) is 19.8 Å². The molecule has 3 rings (SSSR count). The van der Waals surface area contributed by atoms with Crippen molar-refractivity contribution in [3.63, 3.8) is 0 Å². The Balaban J connectivity index is 0.00000100. The number of benzene rings is 2. The molecule has 0 fully saturated rings. The molecule has 1 aliphatic carbocycles. The second-order valence-corrected chi connectivity index (χ2v) is 5.86. The van der Waals surface area contributed by atoms with Crippen LogP contribution in [-0.4, -0.2) is 13.1 Å². The van der Waals surface area contributed by atoms with Crippen LogP contribution in [0.1, 0.15) is 57.4 Å². The zero-order valence-corrected chi connectivity index (χ0v) is 14.0. The average Bonchev–Trinajstić information content (AvgIpc) is 2.63. The first-order valence-electron chi connectivity index (χ1n) is 7.80. The number of aryl methyl sites for hydroxylation is 1. The summed E-state index contributed by atoms with van der Waals surface area (Å²) in [5.74, 6) is 3.15. The summed E-state index contributed by atoms with van der Waals surface area (Å²) in [6.45, 7) is 6.21. The Labute approximate surface area is 143 Å². The zero-order valence-electron chi connectivity index (χ0n) is 14.0. The number of fused-ring (bicyclic) bond motifs is 1. The summed E-state index contributed by atoms with van der Waals surface area (Å²) in [7, 11) is 0. The highest BCUT2D eigenvalue weighted by Gasteiger charge is 2.19. The Kier molecular flexibility index (Phi) is 5.50. The van der Waals surface area contributed by atoms with Crippen molar-refractivity contribution in [1.82, 2.24) is 0 Å². The number of allylic oxidation sites excluding steroid dienone is 1. The molecular weight excluding hydrogens is 296 g/mol. The minimum absolute atomic E-state index is 0.525. The maximum atomic E-state index is 11.4. The minimum atomic E-state index is 0.525. The summed E-state index contributed by atoms with van der Waals surface area (Å²) in [4.78, 5) is 19.4. The standard InChI is InChI=1S/C21H18O.CH2O/c1-4-18-15(3)11-16(12-17(18)13-22)20-10-9-14(2)19-7-5-6-8-21(19)20;1-2/h1,5-8,10-14H,9H2,2-3H3;1H2. The highest BCUT2D eigenvalue weighted by Crippen LogP contribution is 2.38. The molecule has 2 heteroatoms. The van der Waals surface area contributed by atoms with Gasteiger partial charge in [-0.05, 0) is 53.2 Å². The molecule has 0 N–H and O–H groups in total. The monoisotopic (exact) mass is 316 g/mol. The molecule has 0 radical (unpaired) electrons. The van der Waals surface area contributed by atoms with Crippen molar-refractivity contribution in [2.75, 3.05) is 0 Å². The van der Waals surface area contributed by atoms with Gasteiger partial charge in [-0.1, -0.05) is 49.3 Å². The molecule has 1 aliphatic rings. The maximum Gasteiger partial charge on any atom is 0.151 e. The predicted molar refractivity (Wildman–Crippen MR) is 98.2 cm³/mol. The molecule has 0 aliphatic heterocycles. The van der Waals surface area contributed by atoms with Crippen LogP contribution in [0.5, 0.6) is 0 Å². The van der Waals surface area contributed by atoms with Gasteiger partial charge in [0.2, 0.25) is 0 Å². The van der Waals surface area contributed by atoms with Crippen molar-refractivity contribution in [3.05, 3.63) is 75.9 Å². The molecule has 0 saturated heterocycles. The Hall–Kier alpha value is -2.92. The fourth-order valence-corrected chi connectivity index (χ4v) is 3.24. The van der Waals surface area contributed by atoms with Gasteiger partial charge in [0, 0.05) is 11.1 Å². The molecular formula is C22H20O2. The Morgan fingerprint density at radius 1 is 1.25 bits per heavy atom. The van der Waals surface area contributed by atoms with Crippen LogP contribution in [0.3, 0.4) is 0 Å². The fourth-order valence-electron chi connectivity index (χ4n) is 3.24. The summed E-state index contributed by atoms with van der Waals surface area (Å²) in [5, 5.41) is 0. The zero-order chi connectivity index (χ0) is 17.7. The molecule has 1 unspecified atom stereocenters. The van der Waals surface area contributed by atoms with Gasteiger partial charge < -0.3 is 4.79 Å². The third-order valence-corrected chi connectivity index (χ3v) is 4.41. The van der Waals surface area contributed by atoms with Crippen molar-refractivity contribution >= 4 is 18.6 Å². The van der Waals surface area contributed by atoms with Gasteiger partial charge in [0.1, 0.15) is 6.79 Å². The Morgan fingerprint density at radius 3 is 2.62 bits per heavy atom.